The topological polar surface area (TPSA) is 127 Å². The zero-order chi connectivity index (χ0) is 15.0. The first-order valence-electron chi connectivity index (χ1n) is 6.45. The minimum atomic E-state index is -0.570. The van der Waals surface area contributed by atoms with Crippen molar-refractivity contribution in [1.29, 1.82) is 0 Å². The number of rotatable bonds is 8. The lowest BCUT2D eigenvalue weighted by atomic mass is 10.5. The maximum absolute atomic E-state index is 10.5. The number of carbonyl (C=O) groups is 1. The van der Waals surface area contributed by atoms with Gasteiger partial charge >= 0.3 is 12.0 Å². The maximum atomic E-state index is 10.5. The summed E-state index contributed by atoms with van der Waals surface area (Å²) in [6.45, 7) is 7.23. The van der Waals surface area contributed by atoms with Crippen molar-refractivity contribution < 1.29 is 9.53 Å². The first-order chi connectivity index (χ1) is 9.51. The molecule has 0 unspecified atom stereocenters. The van der Waals surface area contributed by atoms with Gasteiger partial charge in [-0.1, -0.05) is 0 Å². The maximum Gasteiger partial charge on any atom is 0.323 e. The van der Waals surface area contributed by atoms with E-state index in [0.29, 0.717) is 31.5 Å². The highest BCUT2D eigenvalue weighted by molar-refractivity contribution is 5.71. The van der Waals surface area contributed by atoms with Gasteiger partial charge < -0.3 is 26.4 Å². The van der Waals surface area contributed by atoms with Crippen molar-refractivity contribution >= 4 is 17.9 Å². The summed E-state index contributed by atoms with van der Waals surface area (Å²) < 4.78 is 5.45. The number of hydrogen-bond acceptors (Lipinski definition) is 7. The molecule has 0 atom stereocenters. The van der Waals surface area contributed by atoms with Gasteiger partial charge in [0.15, 0.2) is 0 Å². The lowest BCUT2D eigenvalue weighted by molar-refractivity contribution is 0.222. The fraction of sp³-hybridized carbons (Fsp3) is 0.636. The Kier molecular flexibility index (Phi) is 6.27. The minimum Gasteiger partial charge on any atom is -0.461 e. The van der Waals surface area contributed by atoms with Crippen LogP contribution in [0.4, 0.5) is 16.7 Å². The number of carbonyl (C=O) groups excluding carboxylic acids is 1. The first kappa shape index (κ1) is 15.7. The van der Waals surface area contributed by atoms with Gasteiger partial charge in [0.2, 0.25) is 11.9 Å². The molecule has 1 aromatic heterocycles. The van der Waals surface area contributed by atoms with Crippen molar-refractivity contribution in [2.75, 3.05) is 30.3 Å². The molecular formula is C11H21N7O2. The highest BCUT2D eigenvalue weighted by atomic mass is 16.5. The van der Waals surface area contributed by atoms with Crippen molar-refractivity contribution in [2.24, 2.45) is 5.73 Å². The van der Waals surface area contributed by atoms with E-state index in [1.165, 1.54) is 0 Å². The van der Waals surface area contributed by atoms with Crippen molar-refractivity contribution in [3.05, 3.63) is 0 Å². The highest BCUT2D eigenvalue weighted by Crippen LogP contribution is 2.12. The number of aromatic nitrogens is 3. The number of primary amides is 1. The number of urea groups is 1. The number of ether oxygens (including phenoxy) is 1. The van der Waals surface area contributed by atoms with Crippen molar-refractivity contribution in [1.82, 2.24) is 20.3 Å². The fourth-order valence-corrected chi connectivity index (χ4v) is 1.30. The second kappa shape index (κ2) is 7.97. The van der Waals surface area contributed by atoms with Gasteiger partial charge in [-0.2, -0.15) is 15.0 Å². The summed E-state index contributed by atoms with van der Waals surface area (Å²) in [6.07, 6.45) is -0.0312. The van der Waals surface area contributed by atoms with E-state index in [9.17, 15) is 4.79 Å². The molecule has 9 heteroatoms. The van der Waals surface area contributed by atoms with Gasteiger partial charge in [-0.15, -0.1) is 0 Å². The molecule has 1 heterocycles. The van der Waals surface area contributed by atoms with Crippen LogP contribution in [0.25, 0.3) is 0 Å². The summed E-state index contributed by atoms with van der Waals surface area (Å²) in [7, 11) is 0. The SMILES string of the molecule is CCNc1nc(NCCNC(N)=O)nc(OC(C)C)n1. The summed E-state index contributed by atoms with van der Waals surface area (Å²) in [6, 6.07) is -0.323. The zero-order valence-electron chi connectivity index (χ0n) is 11.9. The molecule has 9 nitrogen and oxygen atoms in total. The molecule has 0 aliphatic heterocycles. The van der Waals surface area contributed by atoms with Crippen LogP contribution >= 0.6 is 0 Å². The van der Waals surface area contributed by atoms with Gasteiger partial charge in [0, 0.05) is 19.6 Å². The molecule has 112 valence electrons. The molecule has 0 aliphatic rings. The van der Waals surface area contributed by atoms with Gasteiger partial charge in [-0.05, 0) is 20.8 Å². The molecule has 0 radical (unpaired) electrons. The Labute approximate surface area is 117 Å². The Morgan fingerprint density at radius 3 is 2.40 bits per heavy atom. The van der Waals surface area contributed by atoms with Crippen LogP contribution in [0.3, 0.4) is 0 Å². The molecular weight excluding hydrogens is 262 g/mol. The van der Waals surface area contributed by atoms with Crippen molar-refractivity contribution in [3.63, 3.8) is 0 Å². The number of anilines is 2. The van der Waals surface area contributed by atoms with Crippen molar-refractivity contribution in [3.8, 4) is 6.01 Å². The number of hydrogen-bond donors (Lipinski definition) is 4. The largest absolute Gasteiger partial charge is 0.461 e. The van der Waals surface area contributed by atoms with Crippen LogP contribution < -0.4 is 26.4 Å². The number of nitrogens with zero attached hydrogens (tertiary/aromatic N) is 3. The molecule has 1 rings (SSSR count). The van der Waals surface area contributed by atoms with Crippen LogP contribution in [0.5, 0.6) is 6.01 Å². The molecule has 0 spiro atoms. The zero-order valence-corrected chi connectivity index (χ0v) is 11.9. The second-order valence-corrected chi connectivity index (χ2v) is 4.18. The normalized spacial score (nSPS) is 10.2. The van der Waals surface area contributed by atoms with Crippen LogP contribution in [-0.4, -0.2) is 46.7 Å². The summed E-state index contributed by atoms with van der Waals surface area (Å²) in [5.74, 6) is 0.807. The molecule has 1 aromatic rings. The van der Waals surface area contributed by atoms with E-state index in [0.717, 1.165) is 0 Å². The molecule has 0 saturated carbocycles. The quantitative estimate of drug-likeness (QED) is 0.501. The van der Waals surface area contributed by atoms with Crippen LogP contribution in [0.1, 0.15) is 20.8 Å². The van der Waals surface area contributed by atoms with Gasteiger partial charge in [0.1, 0.15) is 0 Å². The highest BCUT2D eigenvalue weighted by Gasteiger charge is 2.08. The van der Waals surface area contributed by atoms with E-state index < -0.39 is 6.03 Å². The molecule has 5 N–H and O–H groups in total. The van der Waals surface area contributed by atoms with Gasteiger partial charge in [0.05, 0.1) is 6.10 Å². The fourth-order valence-electron chi connectivity index (χ4n) is 1.30. The molecule has 0 bridgehead atoms. The molecule has 0 fully saturated rings. The van der Waals surface area contributed by atoms with E-state index in [2.05, 4.69) is 30.9 Å². The molecule has 0 saturated heterocycles. The Hall–Kier alpha value is -2.32. The Balaban J connectivity index is 2.67. The van der Waals surface area contributed by atoms with Gasteiger partial charge in [-0.25, -0.2) is 4.79 Å². The summed E-state index contributed by atoms with van der Waals surface area (Å²) in [5, 5.41) is 8.42. The Morgan fingerprint density at radius 2 is 1.85 bits per heavy atom. The molecule has 2 amide bonds. The van der Waals surface area contributed by atoms with E-state index in [1.807, 2.05) is 20.8 Å². The van der Waals surface area contributed by atoms with Crippen LogP contribution in [0, 0.1) is 0 Å². The summed E-state index contributed by atoms with van der Waals surface area (Å²) in [4.78, 5) is 23.0. The third-order valence-electron chi connectivity index (χ3n) is 2.00. The smallest absolute Gasteiger partial charge is 0.323 e. The van der Waals surface area contributed by atoms with Crippen LogP contribution in [0.15, 0.2) is 0 Å². The Morgan fingerprint density at radius 1 is 1.20 bits per heavy atom. The monoisotopic (exact) mass is 283 g/mol. The van der Waals surface area contributed by atoms with E-state index in [-0.39, 0.29) is 12.1 Å². The predicted molar refractivity (Wildman–Crippen MR) is 75.8 cm³/mol. The predicted octanol–water partition coefficient (Wildman–Crippen LogP) is 0.171. The average Bonchev–Trinajstić information content (AvgIpc) is 2.34. The third-order valence-corrected chi connectivity index (χ3v) is 2.00. The van der Waals surface area contributed by atoms with E-state index in [4.69, 9.17) is 10.5 Å². The molecule has 20 heavy (non-hydrogen) atoms. The Bertz CT molecular complexity index is 439. The van der Waals surface area contributed by atoms with E-state index >= 15 is 0 Å². The molecule has 0 aliphatic carbocycles. The number of amides is 2. The van der Waals surface area contributed by atoms with Crippen LogP contribution in [0.2, 0.25) is 0 Å². The summed E-state index contributed by atoms with van der Waals surface area (Å²) >= 11 is 0. The second-order valence-electron chi connectivity index (χ2n) is 4.18. The lowest BCUT2D eigenvalue weighted by Gasteiger charge is -2.11. The first-order valence-corrected chi connectivity index (χ1v) is 6.45. The average molecular weight is 283 g/mol. The van der Waals surface area contributed by atoms with E-state index in [1.54, 1.807) is 0 Å². The molecule has 0 aromatic carbocycles. The third kappa shape index (κ3) is 6.03. The number of nitrogens with one attached hydrogen (secondary N) is 3. The number of nitrogens with two attached hydrogens (primary N) is 1. The summed E-state index contributed by atoms with van der Waals surface area (Å²) in [5.41, 5.74) is 4.97. The lowest BCUT2D eigenvalue weighted by Crippen LogP contribution is -2.33. The minimum absolute atomic E-state index is 0.0312. The van der Waals surface area contributed by atoms with Crippen LogP contribution in [-0.2, 0) is 0 Å². The van der Waals surface area contributed by atoms with Gasteiger partial charge in [-0.3, -0.25) is 0 Å². The standard InChI is InChI=1S/C11H21N7O2/c1-4-13-9-16-10(15-6-5-14-8(12)19)18-11(17-9)20-7(2)3/h7H,4-6H2,1-3H3,(H3,12,14,19)(H2,13,15,16,17,18). The van der Waals surface area contributed by atoms with Gasteiger partial charge in [0.25, 0.3) is 0 Å². The van der Waals surface area contributed by atoms with Crippen molar-refractivity contribution in [2.45, 2.75) is 26.9 Å².